The van der Waals surface area contributed by atoms with E-state index in [1.807, 2.05) is 6.07 Å². The molecule has 4 aromatic rings. The van der Waals surface area contributed by atoms with Gasteiger partial charge in [0.05, 0.1) is 11.7 Å². The molecule has 22 heavy (non-hydrogen) atoms. The van der Waals surface area contributed by atoms with Gasteiger partial charge >= 0.3 is 0 Å². The molecule has 3 heterocycles. The van der Waals surface area contributed by atoms with Gasteiger partial charge in [-0.15, -0.1) is 0 Å². The maximum absolute atomic E-state index is 13.4. The molecule has 7 heteroatoms. The Morgan fingerprint density at radius 2 is 2.00 bits per heavy atom. The van der Waals surface area contributed by atoms with Crippen LogP contribution in [-0.4, -0.2) is 19.6 Å². The Bertz CT molecular complexity index is 1030. The highest BCUT2D eigenvalue weighted by Crippen LogP contribution is 2.28. The molecule has 0 amide bonds. The van der Waals surface area contributed by atoms with E-state index in [1.165, 1.54) is 22.7 Å². The lowest BCUT2D eigenvalue weighted by Crippen LogP contribution is -1.99. The van der Waals surface area contributed by atoms with Crippen LogP contribution in [0, 0.1) is 5.82 Å². The lowest BCUT2D eigenvalue weighted by atomic mass is 10.1. The molecule has 0 saturated heterocycles. The molecule has 0 atom stereocenters. The van der Waals surface area contributed by atoms with Gasteiger partial charge < -0.3 is 5.73 Å². The van der Waals surface area contributed by atoms with Gasteiger partial charge in [-0.2, -0.15) is 9.61 Å². The van der Waals surface area contributed by atoms with Gasteiger partial charge in [0.1, 0.15) is 16.8 Å². The number of pyridine rings is 1. The third kappa shape index (κ3) is 1.96. The van der Waals surface area contributed by atoms with E-state index in [9.17, 15) is 4.39 Å². The number of hydrogen-bond acceptors (Lipinski definition) is 4. The number of nitrogen functional groups attached to an aromatic ring is 1. The Kier molecular flexibility index (Phi) is 2.74. The van der Waals surface area contributed by atoms with E-state index in [2.05, 4.69) is 15.1 Å². The summed E-state index contributed by atoms with van der Waals surface area (Å²) in [5.41, 5.74) is 8.61. The number of nitrogens with zero attached hydrogens (tertiary/aromatic N) is 4. The Labute approximate surface area is 129 Å². The number of halogens is 2. The molecule has 0 aliphatic heterocycles. The zero-order valence-electron chi connectivity index (χ0n) is 11.2. The topological polar surface area (TPSA) is 69.1 Å². The highest BCUT2D eigenvalue weighted by molar-refractivity contribution is 6.29. The highest BCUT2D eigenvalue weighted by atomic mass is 35.5. The molecule has 2 N–H and O–H groups in total. The van der Waals surface area contributed by atoms with Crippen molar-refractivity contribution in [2.45, 2.75) is 0 Å². The lowest BCUT2D eigenvalue weighted by molar-refractivity contribution is 0.629. The maximum atomic E-state index is 13.4. The van der Waals surface area contributed by atoms with Crippen LogP contribution in [-0.2, 0) is 0 Å². The first-order chi connectivity index (χ1) is 10.6. The van der Waals surface area contributed by atoms with E-state index in [0.29, 0.717) is 22.4 Å². The van der Waals surface area contributed by atoms with Gasteiger partial charge in [0, 0.05) is 28.8 Å². The average molecular weight is 314 g/mol. The van der Waals surface area contributed by atoms with Crippen molar-refractivity contribution >= 4 is 34.0 Å². The van der Waals surface area contributed by atoms with Crippen LogP contribution in [0.1, 0.15) is 0 Å². The van der Waals surface area contributed by atoms with Crippen LogP contribution < -0.4 is 5.73 Å². The number of rotatable bonds is 1. The summed E-state index contributed by atoms with van der Waals surface area (Å²) in [5.74, 6) is 0.0813. The van der Waals surface area contributed by atoms with Crippen molar-refractivity contribution in [3.8, 4) is 11.1 Å². The first-order valence-corrected chi connectivity index (χ1v) is 6.85. The summed E-state index contributed by atoms with van der Waals surface area (Å²) >= 11 is 5.96. The summed E-state index contributed by atoms with van der Waals surface area (Å²) in [6, 6.07) is 7.82. The van der Waals surface area contributed by atoms with Crippen molar-refractivity contribution in [2.75, 3.05) is 5.73 Å². The molecule has 0 unspecified atom stereocenters. The van der Waals surface area contributed by atoms with Crippen LogP contribution in [0.5, 0.6) is 0 Å². The SMILES string of the molecule is Nc1cc(Cl)nc2c(-c3cnc4ccc(F)cc4c3)cnn12. The van der Waals surface area contributed by atoms with E-state index >= 15 is 0 Å². The van der Waals surface area contributed by atoms with Gasteiger partial charge in [0.2, 0.25) is 0 Å². The van der Waals surface area contributed by atoms with Crippen molar-refractivity contribution in [3.63, 3.8) is 0 Å². The van der Waals surface area contributed by atoms with E-state index in [1.54, 1.807) is 18.5 Å². The molecular weight excluding hydrogens is 305 g/mol. The smallest absolute Gasteiger partial charge is 0.166 e. The molecular formula is C15H9ClFN5. The second-order valence-corrected chi connectivity index (χ2v) is 5.25. The van der Waals surface area contributed by atoms with Crippen LogP contribution >= 0.6 is 11.6 Å². The predicted molar refractivity (Wildman–Crippen MR) is 83.1 cm³/mol. The molecule has 0 bridgehead atoms. The van der Waals surface area contributed by atoms with Crippen molar-refractivity contribution < 1.29 is 4.39 Å². The number of anilines is 1. The Morgan fingerprint density at radius 1 is 1.14 bits per heavy atom. The fourth-order valence-corrected chi connectivity index (χ4v) is 2.60. The minimum Gasteiger partial charge on any atom is -0.383 e. The minimum atomic E-state index is -0.309. The van der Waals surface area contributed by atoms with E-state index < -0.39 is 0 Å². The normalized spacial score (nSPS) is 11.4. The number of benzene rings is 1. The molecule has 4 rings (SSSR count). The Morgan fingerprint density at radius 3 is 2.86 bits per heavy atom. The van der Waals surface area contributed by atoms with Crippen molar-refractivity contribution in [1.29, 1.82) is 0 Å². The summed E-state index contributed by atoms with van der Waals surface area (Å²) in [4.78, 5) is 8.59. The van der Waals surface area contributed by atoms with Crippen LogP contribution in [0.4, 0.5) is 10.2 Å². The molecule has 3 aromatic heterocycles. The molecule has 1 aromatic carbocycles. The minimum absolute atomic E-state index is 0.284. The van der Waals surface area contributed by atoms with E-state index in [0.717, 1.165) is 11.1 Å². The van der Waals surface area contributed by atoms with Crippen molar-refractivity contribution in [3.05, 3.63) is 53.7 Å². The largest absolute Gasteiger partial charge is 0.383 e. The number of hydrogen-bond donors (Lipinski definition) is 1. The first kappa shape index (κ1) is 13.0. The third-order valence-corrected chi connectivity index (χ3v) is 3.62. The van der Waals surface area contributed by atoms with Gasteiger partial charge in [-0.05, 0) is 24.3 Å². The quantitative estimate of drug-likeness (QED) is 0.547. The summed E-state index contributed by atoms with van der Waals surface area (Å²) in [7, 11) is 0. The van der Waals surface area contributed by atoms with Gasteiger partial charge in [-0.1, -0.05) is 11.6 Å². The van der Waals surface area contributed by atoms with E-state index in [4.69, 9.17) is 17.3 Å². The van der Waals surface area contributed by atoms with Crippen molar-refractivity contribution in [1.82, 2.24) is 19.6 Å². The lowest BCUT2D eigenvalue weighted by Gasteiger charge is -2.03. The fourth-order valence-electron chi connectivity index (χ4n) is 2.41. The van der Waals surface area contributed by atoms with Crippen LogP contribution in [0.25, 0.3) is 27.7 Å². The molecule has 0 spiro atoms. The van der Waals surface area contributed by atoms with Gasteiger partial charge in [-0.3, -0.25) is 4.98 Å². The molecule has 0 aliphatic rings. The van der Waals surface area contributed by atoms with Crippen LogP contribution in [0.3, 0.4) is 0 Å². The molecule has 0 aliphatic carbocycles. The summed E-state index contributed by atoms with van der Waals surface area (Å²) in [6.45, 7) is 0. The van der Waals surface area contributed by atoms with Crippen molar-refractivity contribution in [2.24, 2.45) is 0 Å². The summed E-state index contributed by atoms with van der Waals surface area (Å²) in [6.07, 6.45) is 3.33. The van der Waals surface area contributed by atoms with Crippen LogP contribution in [0.2, 0.25) is 5.15 Å². The highest BCUT2D eigenvalue weighted by Gasteiger charge is 2.12. The number of aromatic nitrogens is 4. The third-order valence-electron chi connectivity index (χ3n) is 3.42. The van der Waals surface area contributed by atoms with Crippen LogP contribution in [0.15, 0.2) is 42.7 Å². The zero-order valence-corrected chi connectivity index (χ0v) is 11.9. The molecule has 5 nitrogen and oxygen atoms in total. The fraction of sp³-hybridized carbons (Fsp3) is 0. The van der Waals surface area contributed by atoms with Gasteiger partial charge in [0.25, 0.3) is 0 Å². The molecule has 0 fully saturated rings. The number of nitrogens with two attached hydrogens (primary N) is 1. The standard InChI is InChI=1S/C15H9ClFN5/c16-13-5-14(18)22-15(21-13)11(7-20-22)9-3-8-4-10(17)1-2-12(8)19-6-9/h1-7H,18H2. The summed E-state index contributed by atoms with van der Waals surface area (Å²) in [5, 5.41) is 5.19. The second-order valence-electron chi connectivity index (χ2n) is 4.86. The maximum Gasteiger partial charge on any atom is 0.166 e. The summed E-state index contributed by atoms with van der Waals surface area (Å²) < 4.78 is 14.9. The Balaban J connectivity index is 1.98. The molecule has 0 radical (unpaired) electrons. The zero-order chi connectivity index (χ0) is 15.3. The molecule has 0 saturated carbocycles. The Hall–Kier alpha value is -2.73. The average Bonchev–Trinajstić information content (AvgIpc) is 2.90. The van der Waals surface area contributed by atoms with E-state index in [-0.39, 0.29) is 11.0 Å². The van der Waals surface area contributed by atoms with Gasteiger partial charge in [-0.25, -0.2) is 9.37 Å². The molecule has 108 valence electrons. The first-order valence-electron chi connectivity index (χ1n) is 6.47. The monoisotopic (exact) mass is 313 g/mol. The number of fused-ring (bicyclic) bond motifs is 2. The van der Waals surface area contributed by atoms with Gasteiger partial charge in [0.15, 0.2) is 5.65 Å². The second kappa shape index (κ2) is 4.64. The predicted octanol–water partition coefficient (Wildman–Crippen LogP) is 3.32.